The minimum Gasteiger partial charge on any atom is -0.436 e. The Morgan fingerprint density at radius 1 is 0.708 bits per heavy atom. The first-order valence-corrected chi connectivity index (χ1v) is 7.91. The first-order valence-electron chi connectivity index (χ1n) is 7.91. The maximum Gasteiger partial charge on any atom is 0.225 e. The minimum absolute atomic E-state index is 0.758. The number of imidazole rings is 1. The Hall–Kier alpha value is -3.33. The van der Waals surface area contributed by atoms with Crippen molar-refractivity contribution in [1.29, 1.82) is 0 Å². The summed E-state index contributed by atoms with van der Waals surface area (Å²) < 4.78 is 8.09. The Morgan fingerprint density at radius 2 is 1.42 bits per heavy atom. The third kappa shape index (κ3) is 1.95. The zero-order valence-electron chi connectivity index (χ0n) is 12.9. The van der Waals surface area contributed by atoms with Crippen LogP contribution >= 0.6 is 0 Å². The van der Waals surface area contributed by atoms with Crippen molar-refractivity contribution in [3.63, 3.8) is 0 Å². The van der Waals surface area contributed by atoms with Gasteiger partial charge in [0.25, 0.3) is 0 Å². The summed E-state index contributed by atoms with van der Waals surface area (Å²) in [6.45, 7) is 0. The van der Waals surface area contributed by atoms with Crippen LogP contribution in [0.25, 0.3) is 39.3 Å². The fourth-order valence-corrected chi connectivity index (χ4v) is 3.14. The van der Waals surface area contributed by atoms with Crippen LogP contribution in [0.5, 0.6) is 0 Å². The second-order valence-corrected chi connectivity index (χ2v) is 5.77. The summed E-state index contributed by atoms with van der Waals surface area (Å²) in [5.74, 6) is 0.900. The number of rotatable bonds is 2. The van der Waals surface area contributed by atoms with E-state index in [9.17, 15) is 0 Å². The predicted molar refractivity (Wildman–Crippen MR) is 95.8 cm³/mol. The van der Waals surface area contributed by atoms with Gasteiger partial charge in [0.15, 0.2) is 5.58 Å². The Balaban J connectivity index is 1.74. The largest absolute Gasteiger partial charge is 0.436 e. The molecule has 0 unspecified atom stereocenters. The molecule has 0 saturated heterocycles. The zero-order valence-corrected chi connectivity index (χ0v) is 12.9. The van der Waals surface area contributed by atoms with Gasteiger partial charge in [-0.3, -0.25) is 4.40 Å². The third-order valence-corrected chi connectivity index (χ3v) is 4.28. The molecule has 0 aliphatic carbocycles. The molecular formula is C21H14N2O. The summed E-state index contributed by atoms with van der Waals surface area (Å²) in [5, 5.41) is 0. The summed E-state index contributed by atoms with van der Waals surface area (Å²) >= 11 is 0. The Kier molecular flexibility index (Phi) is 2.79. The van der Waals surface area contributed by atoms with Gasteiger partial charge in [0.2, 0.25) is 5.71 Å². The molecule has 5 aromatic rings. The summed E-state index contributed by atoms with van der Waals surface area (Å²) in [6, 6.07) is 26.8. The summed E-state index contributed by atoms with van der Waals surface area (Å²) in [6.07, 6.45) is 1.78. The highest BCUT2D eigenvalue weighted by Gasteiger charge is 2.14. The molecule has 0 N–H and O–H groups in total. The van der Waals surface area contributed by atoms with Gasteiger partial charge in [-0.1, -0.05) is 66.7 Å². The number of benzene rings is 3. The molecule has 3 heteroatoms. The van der Waals surface area contributed by atoms with Crippen molar-refractivity contribution in [2.75, 3.05) is 0 Å². The van der Waals surface area contributed by atoms with E-state index in [1.165, 1.54) is 5.56 Å². The van der Waals surface area contributed by atoms with E-state index >= 15 is 0 Å². The quantitative estimate of drug-likeness (QED) is 0.436. The Morgan fingerprint density at radius 3 is 2.17 bits per heavy atom. The van der Waals surface area contributed by atoms with E-state index in [-0.39, 0.29) is 0 Å². The third-order valence-electron chi connectivity index (χ3n) is 4.28. The highest BCUT2D eigenvalue weighted by Crippen LogP contribution is 2.30. The fraction of sp³-hybridized carbons (Fsp3) is 0. The van der Waals surface area contributed by atoms with Crippen molar-refractivity contribution >= 4 is 16.8 Å². The fourth-order valence-electron chi connectivity index (χ4n) is 3.14. The van der Waals surface area contributed by atoms with E-state index in [1.807, 2.05) is 36.4 Å². The predicted octanol–water partition coefficient (Wildman–Crippen LogP) is 5.41. The molecule has 0 fully saturated rings. The molecular weight excluding hydrogens is 296 g/mol. The van der Waals surface area contributed by atoms with Crippen LogP contribution in [0.2, 0.25) is 0 Å². The van der Waals surface area contributed by atoms with Gasteiger partial charge in [0.05, 0.1) is 11.7 Å². The highest BCUT2D eigenvalue weighted by molar-refractivity contribution is 5.85. The summed E-state index contributed by atoms with van der Waals surface area (Å²) in [7, 11) is 0. The van der Waals surface area contributed by atoms with Crippen molar-refractivity contribution in [3.8, 4) is 22.5 Å². The maximum absolute atomic E-state index is 6.02. The van der Waals surface area contributed by atoms with Crippen molar-refractivity contribution in [1.82, 2.24) is 9.38 Å². The smallest absolute Gasteiger partial charge is 0.225 e. The molecule has 3 aromatic carbocycles. The molecule has 0 aliphatic heterocycles. The lowest BCUT2D eigenvalue weighted by molar-refractivity contribution is 0.656. The lowest BCUT2D eigenvalue weighted by Gasteiger charge is -2.02. The monoisotopic (exact) mass is 310 g/mol. The number of nitrogens with zero attached hydrogens (tertiary/aromatic N) is 2. The molecule has 0 saturated carbocycles. The van der Waals surface area contributed by atoms with Gasteiger partial charge < -0.3 is 4.42 Å². The second-order valence-electron chi connectivity index (χ2n) is 5.77. The van der Waals surface area contributed by atoms with Crippen LogP contribution < -0.4 is 0 Å². The van der Waals surface area contributed by atoms with Crippen LogP contribution in [0.4, 0.5) is 0 Å². The molecule has 5 rings (SSSR count). The van der Waals surface area contributed by atoms with E-state index < -0.39 is 0 Å². The average molecular weight is 310 g/mol. The minimum atomic E-state index is 0.758. The highest BCUT2D eigenvalue weighted by atomic mass is 16.3. The van der Waals surface area contributed by atoms with Crippen molar-refractivity contribution < 1.29 is 4.42 Å². The van der Waals surface area contributed by atoms with Gasteiger partial charge in [-0.15, -0.1) is 0 Å². The number of hydrogen-bond donors (Lipinski definition) is 0. The van der Waals surface area contributed by atoms with Gasteiger partial charge in [0.1, 0.15) is 5.82 Å². The standard InChI is InChI=1S/C21H14N2O/c1-3-7-15(8-4-1)17-11-12-18-19(13-17)24-20-14-22-21(23(18)20)16-9-5-2-6-10-16/h1-14H. The molecule has 3 nitrogen and oxygen atoms in total. The Labute approximate surface area is 138 Å². The van der Waals surface area contributed by atoms with E-state index in [0.29, 0.717) is 0 Å². The SMILES string of the molecule is c1ccc(-c2ccc3c(c2)oc2cnc(-c4ccccc4)n23)cc1. The van der Waals surface area contributed by atoms with Crippen LogP contribution in [-0.2, 0) is 0 Å². The van der Waals surface area contributed by atoms with Gasteiger partial charge in [-0.25, -0.2) is 4.98 Å². The Bertz CT molecular complexity index is 1140. The van der Waals surface area contributed by atoms with E-state index in [4.69, 9.17) is 4.42 Å². The van der Waals surface area contributed by atoms with Gasteiger partial charge in [0, 0.05) is 5.56 Å². The molecule has 0 aliphatic rings. The van der Waals surface area contributed by atoms with Gasteiger partial charge in [-0.05, 0) is 23.3 Å². The lowest BCUT2D eigenvalue weighted by atomic mass is 10.1. The van der Waals surface area contributed by atoms with Crippen LogP contribution in [-0.4, -0.2) is 9.38 Å². The normalized spacial score (nSPS) is 11.3. The van der Waals surface area contributed by atoms with Crippen LogP contribution in [0.3, 0.4) is 0 Å². The average Bonchev–Trinajstić information content (AvgIpc) is 3.21. The first-order chi connectivity index (χ1) is 11.9. The maximum atomic E-state index is 6.02. The first kappa shape index (κ1) is 13.1. The number of hydrogen-bond acceptors (Lipinski definition) is 2. The number of aromatic nitrogens is 2. The number of oxazole rings is 1. The molecule has 0 amide bonds. The molecule has 24 heavy (non-hydrogen) atoms. The molecule has 114 valence electrons. The van der Waals surface area contributed by atoms with Gasteiger partial charge >= 0.3 is 0 Å². The summed E-state index contributed by atoms with van der Waals surface area (Å²) in [4.78, 5) is 4.53. The molecule has 0 radical (unpaired) electrons. The van der Waals surface area contributed by atoms with Crippen molar-refractivity contribution in [3.05, 3.63) is 85.1 Å². The van der Waals surface area contributed by atoms with E-state index in [0.717, 1.165) is 33.8 Å². The summed E-state index contributed by atoms with van der Waals surface area (Å²) in [5.41, 5.74) is 6.06. The lowest BCUT2D eigenvalue weighted by Crippen LogP contribution is -1.87. The van der Waals surface area contributed by atoms with Crippen LogP contribution in [0, 0.1) is 0 Å². The van der Waals surface area contributed by atoms with Crippen LogP contribution in [0.1, 0.15) is 0 Å². The molecule has 2 aromatic heterocycles. The van der Waals surface area contributed by atoms with E-state index in [1.54, 1.807) is 6.20 Å². The molecule has 2 heterocycles. The zero-order chi connectivity index (χ0) is 15.9. The van der Waals surface area contributed by atoms with Crippen LogP contribution in [0.15, 0.2) is 89.5 Å². The van der Waals surface area contributed by atoms with Gasteiger partial charge in [-0.2, -0.15) is 0 Å². The molecule has 0 atom stereocenters. The molecule has 0 bridgehead atoms. The van der Waals surface area contributed by atoms with Crippen molar-refractivity contribution in [2.24, 2.45) is 0 Å². The van der Waals surface area contributed by atoms with E-state index in [2.05, 4.69) is 51.8 Å². The molecule has 0 spiro atoms. The van der Waals surface area contributed by atoms with Crippen molar-refractivity contribution in [2.45, 2.75) is 0 Å². The second kappa shape index (κ2) is 5.10. The number of fused-ring (bicyclic) bond motifs is 3. The topological polar surface area (TPSA) is 30.4 Å².